The van der Waals surface area contributed by atoms with Crippen molar-refractivity contribution < 1.29 is 23.7 Å². The van der Waals surface area contributed by atoms with Crippen LogP contribution in [0, 0.1) is 0 Å². The van der Waals surface area contributed by atoms with E-state index in [1.807, 2.05) is 12.1 Å². The van der Waals surface area contributed by atoms with Crippen LogP contribution < -0.4 is 19.5 Å². The zero-order valence-electron chi connectivity index (χ0n) is 13.2. The summed E-state index contributed by atoms with van der Waals surface area (Å²) in [6, 6.07) is 3.86. The summed E-state index contributed by atoms with van der Waals surface area (Å²) >= 11 is 0. The summed E-state index contributed by atoms with van der Waals surface area (Å²) in [7, 11) is 6.47. The molecule has 1 N–H and O–H groups in total. The first-order chi connectivity index (χ1) is 10.3. The van der Waals surface area contributed by atoms with Crippen LogP contribution in [0.4, 0.5) is 0 Å². The smallest absolute Gasteiger partial charge is 0.203 e. The van der Waals surface area contributed by atoms with Gasteiger partial charge in [-0.3, -0.25) is 0 Å². The van der Waals surface area contributed by atoms with E-state index in [0.717, 1.165) is 12.1 Å². The number of rotatable bonds is 11. The topological polar surface area (TPSA) is 58.2 Å². The molecular weight excluding hydrogens is 274 g/mol. The first kappa shape index (κ1) is 17.6. The first-order valence-electron chi connectivity index (χ1n) is 6.83. The minimum atomic E-state index is 0.603. The van der Waals surface area contributed by atoms with Crippen molar-refractivity contribution in [1.29, 1.82) is 0 Å². The second-order valence-electron chi connectivity index (χ2n) is 4.32. The minimum absolute atomic E-state index is 0.603. The van der Waals surface area contributed by atoms with Crippen LogP contribution in [0.1, 0.15) is 5.56 Å². The number of methoxy groups -OCH3 is 4. The molecule has 1 aromatic rings. The molecule has 120 valence electrons. The highest BCUT2D eigenvalue weighted by Crippen LogP contribution is 2.38. The molecule has 0 fully saturated rings. The Kier molecular flexibility index (Phi) is 8.57. The summed E-state index contributed by atoms with van der Waals surface area (Å²) < 4.78 is 26.2. The fraction of sp³-hybridized carbons (Fsp3) is 0.600. The van der Waals surface area contributed by atoms with Gasteiger partial charge in [-0.25, -0.2) is 0 Å². The molecule has 0 aliphatic rings. The van der Waals surface area contributed by atoms with Crippen LogP contribution in [-0.4, -0.2) is 54.8 Å². The number of benzene rings is 1. The molecule has 1 rings (SSSR count). The maximum Gasteiger partial charge on any atom is 0.203 e. The van der Waals surface area contributed by atoms with Gasteiger partial charge in [0.2, 0.25) is 5.75 Å². The summed E-state index contributed by atoms with van der Waals surface area (Å²) in [5, 5.41) is 3.30. The predicted molar refractivity (Wildman–Crippen MR) is 80.5 cm³/mol. The van der Waals surface area contributed by atoms with Crippen LogP contribution >= 0.6 is 0 Å². The van der Waals surface area contributed by atoms with Crippen molar-refractivity contribution in [3.63, 3.8) is 0 Å². The quantitative estimate of drug-likeness (QED) is 0.624. The van der Waals surface area contributed by atoms with E-state index in [1.165, 1.54) is 0 Å². The molecule has 6 heteroatoms. The molecule has 0 atom stereocenters. The van der Waals surface area contributed by atoms with E-state index in [-0.39, 0.29) is 0 Å². The molecule has 0 aromatic heterocycles. The van der Waals surface area contributed by atoms with Crippen LogP contribution in [0.25, 0.3) is 0 Å². The molecule has 21 heavy (non-hydrogen) atoms. The Hall–Kier alpha value is -1.50. The van der Waals surface area contributed by atoms with Gasteiger partial charge in [-0.15, -0.1) is 0 Å². The summed E-state index contributed by atoms with van der Waals surface area (Å²) in [5.41, 5.74) is 1.06. The summed E-state index contributed by atoms with van der Waals surface area (Å²) in [6.45, 7) is 3.34. The number of hydrogen-bond donors (Lipinski definition) is 1. The highest BCUT2D eigenvalue weighted by molar-refractivity contribution is 5.53. The van der Waals surface area contributed by atoms with Gasteiger partial charge in [0.15, 0.2) is 11.5 Å². The average Bonchev–Trinajstić information content (AvgIpc) is 2.52. The molecule has 0 heterocycles. The molecular formula is C15H25NO5. The van der Waals surface area contributed by atoms with E-state index in [0.29, 0.717) is 43.6 Å². The minimum Gasteiger partial charge on any atom is -0.493 e. The Morgan fingerprint density at radius 1 is 0.857 bits per heavy atom. The Balaban J connectivity index is 2.48. The molecule has 0 amide bonds. The van der Waals surface area contributed by atoms with E-state index in [1.54, 1.807) is 28.4 Å². The van der Waals surface area contributed by atoms with Gasteiger partial charge in [0.1, 0.15) is 0 Å². The van der Waals surface area contributed by atoms with Gasteiger partial charge in [0.25, 0.3) is 0 Å². The lowest BCUT2D eigenvalue weighted by Gasteiger charge is -2.14. The normalized spacial score (nSPS) is 10.5. The molecule has 0 aliphatic heterocycles. The van der Waals surface area contributed by atoms with E-state index in [4.69, 9.17) is 23.7 Å². The maximum absolute atomic E-state index is 5.38. The van der Waals surface area contributed by atoms with E-state index in [2.05, 4.69) is 5.32 Å². The molecule has 1 aromatic carbocycles. The van der Waals surface area contributed by atoms with Crippen LogP contribution in [0.3, 0.4) is 0 Å². The largest absolute Gasteiger partial charge is 0.493 e. The van der Waals surface area contributed by atoms with Gasteiger partial charge in [0.05, 0.1) is 41.2 Å². The monoisotopic (exact) mass is 299 g/mol. The van der Waals surface area contributed by atoms with Crippen LogP contribution in [-0.2, 0) is 16.0 Å². The van der Waals surface area contributed by atoms with Crippen molar-refractivity contribution in [1.82, 2.24) is 5.32 Å². The van der Waals surface area contributed by atoms with Gasteiger partial charge in [-0.2, -0.15) is 0 Å². The molecule has 0 aliphatic carbocycles. The van der Waals surface area contributed by atoms with Crippen LogP contribution in [0.15, 0.2) is 12.1 Å². The second-order valence-corrected chi connectivity index (χ2v) is 4.32. The Bertz CT molecular complexity index is 386. The Morgan fingerprint density at radius 3 is 2.05 bits per heavy atom. The number of nitrogens with one attached hydrogen (secondary N) is 1. The van der Waals surface area contributed by atoms with Crippen LogP contribution in [0.2, 0.25) is 0 Å². The molecule has 0 radical (unpaired) electrons. The number of hydrogen-bond acceptors (Lipinski definition) is 6. The summed E-state index contributed by atoms with van der Waals surface area (Å²) in [6.07, 6.45) is 0. The molecule has 0 bridgehead atoms. The lowest BCUT2D eigenvalue weighted by Crippen LogP contribution is -2.20. The van der Waals surface area contributed by atoms with Crippen molar-refractivity contribution in [3.05, 3.63) is 17.7 Å². The molecule has 6 nitrogen and oxygen atoms in total. The zero-order chi connectivity index (χ0) is 15.5. The van der Waals surface area contributed by atoms with Gasteiger partial charge in [-0.1, -0.05) is 0 Å². The predicted octanol–water partition coefficient (Wildman–Crippen LogP) is 1.46. The third-order valence-electron chi connectivity index (χ3n) is 2.91. The van der Waals surface area contributed by atoms with Crippen molar-refractivity contribution in [3.8, 4) is 17.2 Å². The third-order valence-corrected chi connectivity index (χ3v) is 2.91. The van der Waals surface area contributed by atoms with E-state index >= 15 is 0 Å². The average molecular weight is 299 g/mol. The maximum atomic E-state index is 5.38. The lowest BCUT2D eigenvalue weighted by molar-refractivity contribution is 0.0719. The molecule has 0 saturated carbocycles. The number of ether oxygens (including phenoxy) is 5. The van der Waals surface area contributed by atoms with Crippen LogP contribution in [0.5, 0.6) is 17.2 Å². The van der Waals surface area contributed by atoms with E-state index in [9.17, 15) is 0 Å². The fourth-order valence-corrected chi connectivity index (χ4v) is 1.86. The molecule has 0 unspecified atom stereocenters. The first-order valence-corrected chi connectivity index (χ1v) is 6.83. The van der Waals surface area contributed by atoms with E-state index < -0.39 is 0 Å². The summed E-state index contributed by atoms with van der Waals surface area (Å²) in [5.74, 6) is 1.92. The van der Waals surface area contributed by atoms with Gasteiger partial charge >= 0.3 is 0 Å². The Morgan fingerprint density at radius 2 is 1.52 bits per heavy atom. The SMILES string of the molecule is COCCOCCNCc1cc(OC)c(OC)c(OC)c1. The second kappa shape index (κ2) is 10.3. The van der Waals surface area contributed by atoms with Crippen molar-refractivity contribution in [2.75, 3.05) is 54.8 Å². The summed E-state index contributed by atoms with van der Waals surface area (Å²) in [4.78, 5) is 0. The lowest BCUT2D eigenvalue weighted by atomic mass is 10.2. The third kappa shape index (κ3) is 5.79. The van der Waals surface area contributed by atoms with Crippen molar-refractivity contribution >= 4 is 0 Å². The fourth-order valence-electron chi connectivity index (χ4n) is 1.86. The van der Waals surface area contributed by atoms with Crippen molar-refractivity contribution in [2.24, 2.45) is 0 Å². The molecule has 0 spiro atoms. The van der Waals surface area contributed by atoms with Gasteiger partial charge in [-0.05, 0) is 17.7 Å². The zero-order valence-corrected chi connectivity index (χ0v) is 13.2. The van der Waals surface area contributed by atoms with Gasteiger partial charge < -0.3 is 29.0 Å². The highest BCUT2D eigenvalue weighted by atomic mass is 16.5. The molecule has 0 saturated heterocycles. The van der Waals surface area contributed by atoms with Gasteiger partial charge in [0, 0.05) is 20.2 Å². The Labute approximate surface area is 126 Å². The van der Waals surface area contributed by atoms with Crippen molar-refractivity contribution in [2.45, 2.75) is 6.54 Å². The highest BCUT2D eigenvalue weighted by Gasteiger charge is 2.12. The standard InChI is InChI=1S/C15H25NO5/c1-17-7-8-21-6-5-16-11-12-9-13(18-2)15(20-4)14(10-12)19-3/h9-10,16H,5-8,11H2,1-4H3.